The molecule has 0 unspecified atom stereocenters. The van der Waals surface area contributed by atoms with Gasteiger partial charge >= 0.3 is 0 Å². The number of carbonyl (C=O) groups excluding carboxylic acids is 2. The van der Waals surface area contributed by atoms with Gasteiger partial charge in [-0.3, -0.25) is 14.5 Å². The highest BCUT2D eigenvalue weighted by atomic mass is 19.1. The van der Waals surface area contributed by atoms with Gasteiger partial charge in [-0.25, -0.2) is 4.39 Å². The van der Waals surface area contributed by atoms with Crippen molar-refractivity contribution in [1.82, 2.24) is 15.5 Å². The summed E-state index contributed by atoms with van der Waals surface area (Å²) in [6, 6.07) is 6.01. The van der Waals surface area contributed by atoms with E-state index in [1.54, 1.807) is 12.1 Å². The molecule has 23 heavy (non-hydrogen) atoms. The first kappa shape index (κ1) is 17.4. The molecule has 2 N–H and O–H groups in total. The Kier molecular flexibility index (Phi) is 6.52. The van der Waals surface area contributed by atoms with Crippen molar-refractivity contribution in [2.24, 2.45) is 0 Å². The highest BCUT2D eigenvalue weighted by molar-refractivity contribution is 5.94. The van der Waals surface area contributed by atoms with Crippen LogP contribution in [-0.2, 0) is 4.79 Å². The molecule has 0 aromatic heterocycles. The molecule has 0 bridgehead atoms. The van der Waals surface area contributed by atoms with E-state index in [2.05, 4.69) is 15.5 Å². The summed E-state index contributed by atoms with van der Waals surface area (Å²) in [7, 11) is 0. The first-order valence-corrected chi connectivity index (χ1v) is 8.14. The van der Waals surface area contributed by atoms with Crippen LogP contribution < -0.4 is 10.6 Å². The molecule has 1 aliphatic rings. The molecule has 1 heterocycles. The largest absolute Gasteiger partial charge is 0.355 e. The number of nitrogens with zero attached hydrogens (tertiary/aromatic N) is 1. The van der Waals surface area contributed by atoms with Crippen LogP contribution in [0.25, 0.3) is 0 Å². The maximum atomic E-state index is 13.6. The molecule has 1 saturated heterocycles. The van der Waals surface area contributed by atoms with E-state index in [-0.39, 0.29) is 23.4 Å². The predicted molar refractivity (Wildman–Crippen MR) is 86.6 cm³/mol. The third-order valence-corrected chi connectivity index (χ3v) is 3.98. The van der Waals surface area contributed by atoms with Crippen LogP contribution in [0, 0.1) is 5.82 Å². The Morgan fingerprint density at radius 1 is 1.26 bits per heavy atom. The maximum Gasteiger partial charge on any atom is 0.254 e. The lowest BCUT2D eigenvalue weighted by Crippen LogP contribution is -2.47. The third-order valence-electron chi connectivity index (χ3n) is 3.98. The molecule has 1 aliphatic heterocycles. The molecular weight excluding hydrogens is 297 g/mol. The van der Waals surface area contributed by atoms with Crippen molar-refractivity contribution >= 4 is 11.8 Å². The summed E-state index contributed by atoms with van der Waals surface area (Å²) in [6.07, 6.45) is 2.46. The van der Waals surface area contributed by atoms with E-state index in [1.807, 2.05) is 6.92 Å². The zero-order valence-corrected chi connectivity index (χ0v) is 13.5. The number of halogens is 1. The summed E-state index contributed by atoms with van der Waals surface area (Å²) in [4.78, 5) is 25.9. The van der Waals surface area contributed by atoms with Gasteiger partial charge in [0.1, 0.15) is 5.82 Å². The number of nitrogens with one attached hydrogen (secondary N) is 2. The smallest absolute Gasteiger partial charge is 0.254 e. The Balaban J connectivity index is 1.75. The Bertz CT molecular complexity index is 542. The van der Waals surface area contributed by atoms with E-state index in [0.29, 0.717) is 13.1 Å². The number of hydrogen-bond donors (Lipinski definition) is 2. The van der Waals surface area contributed by atoms with Crippen LogP contribution in [0.15, 0.2) is 24.3 Å². The lowest BCUT2D eigenvalue weighted by atomic mass is 10.0. The Labute approximate surface area is 136 Å². The summed E-state index contributed by atoms with van der Waals surface area (Å²) in [5, 5.41) is 5.74. The highest BCUT2D eigenvalue weighted by Gasteiger charge is 2.23. The van der Waals surface area contributed by atoms with Crippen molar-refractivity contribution in [2.45, 2.75) is 32.2 Å². The highest BCUT2D eigenvalue weighted by Crippen LogP contribution is 2.12. The van der Waals surface area contributed by atoms with Crippen LogP contribution in [0.1, 0.15) is 36.5 Å². The first-order chi connectivity index (χ1) is 11.1. The number of benzene rings is 1. The van der Waals surface area contributed by atoms with Crippen molar-refractivity contribution in [3.05, 3.63) is 35.6 Å². The standard InChI is InChI=1S/C17H24FN3O2/c1-2-9-19-16(22)12-21-10-7-13(8-11-21)20-17(23)14-5-3-4-6-15(14)18/h3-6,13H,2,7-12H2,1H3,(H,19,22)(H,20,23). The molecule has 2 rings (SSSR count). The molecular formula is C17H24FN3O2. The van der Waals surface area contributed by atoms with E-state index >= 15 is 0 Å². The molecule has 6 heteroatoms. The number of piperidine rings is 1. The zero-order valence-electron chi connectivity index (χ0n) is 13.5. The number of likely N-dealkylation sites (tertiary alicyclic amines) is 1. The normalized spacial score (nSPS) is 16.1. The lowest BCUT2D eigenvalue weighted by molar-refractivity contribution is -0.122. The number of rotatable bonds is 6. The molecule has 2 amide bonds. The van der Waals surface area contributed by atoms with Gasteiger partial charge in [-0.2, -0.15) is 0 Å². The SMILES string of the molecule is CCCNC(=O)CN1CCC(NC(=O)c2ccccc2F)CC1. The van der Waals surface area contributed by atoms with Gasteiger partial charge in [-0.1, -0.05) is 19.1 Å². The van der Waals surface area contributed by atoms with E-state index in [9.17, 15) is 14.0 Å². The van der Waals surface area contributed by atoms with Crippen LogP contribution in [0.5, 0.6) is 0 Å². The average molecular weight is 321 g/mol. The second-order valence-corrected chi connectivity index (χ2v) is 5.85. The van der Waals surface area contributed by atoms with Gasteiger partial charge in [0.05, 0.1) is 12.1 Å². The lowest BCUT2D eigenvalue weighted by Gasteiger charge is -2.31. The zero-order chi connectivity index (χ0) is 16.7. The van der Waals surface area contributed by atoms with Crippen molar-refractivity contribution in [2.75, 3.05) is 26.2 Å². The molecule has 1 fully saturated rings. The fraction of sp³-hybridized carbons (Fsp3) is 0.529. The van der Waals surface area contributed by atoms with E-state index in [4.69, 9.17) is 0 Å². The minimum absolute atomic E-state index is 0.0251. The van der Waals surface area contributed by atoms with Crippen LogP contribution in [0.4, 0.5) is 4.39 Å². The summed E-state index contributed by atoms with van der Waals surface area (Å²) in [5.74, 6) is -0.835. The first-order valence-electron chi connectivity index (χ1n) is 8.14. The van der Waals surface area contributed by atoms with E-state index < -0.39 is 5.82 Å². The molecule has 0 spiro atoms. The Morgan fingerprint density at radius 2 is 1.96 bits per heavy atom. The Morgan fingerprint density at radius 3 is 2.61 bits per heavy atom. The molecule has 5 nitrogen and oxygen atoms in total. The van der Waals surface area contributed by atoms with Gasteiger partial charge in [0.2, 0.25) is 5.91 Å². The predicted octanol–water partition coefficient (Wildman–Crippen LogP) is 1.55. The van der Waals surface area contributed by atoms with Crippen molar-refractivity contribution in [1.29, 1.82) is 0 Å². The van der Waals surface area contributed by atoms with Crippen LogP contribution in [0.2, 0.25) is 0 Å². The Hall–Kier alpha value is -1.95. The number of carbonyl (C=O) groups is 2. The van der Waals surface area contributed by atoms with Gasteiger partial charge in [-0.05, 0) is 31.4 Å². The second kappa shape index (κ2) is 8.62. The average Bonchev–Trinajstić information content (AvgIpc) is 2.55. The van der Waals surface area contributed by atoms with Gasteiger partial charge in [0.15, 0.2) is 0 Å². The summed E-state index contributed by atoms with van der Waals surface area (Å²) in [5.41, 5.74) is 0.0777. The quantitative estimate of drug-likeness (QED) is 0.836. The molecule has 0 saturated carbocycles. The summed E-state index contributed by atoms with van der Waals surface area (Å²) < 4.78 is 13.6. The minimum Gasteiger partial charge on any atom is -0.355 e. The molecule has 1 aromatic carbocycles. The second-order valence-electron chi connectivity index (χ2n) is 5.85. The van der Waals surface area contributed by atoms with Gasteiger partial charge in [-0.15, -0.1) is 0 Å². The van der Waals surface area contributed by atoms with E-state index in [1.165, 1.54) is 12.1 Å². The summed E-state index contributed by atoms with van der Waals surface area (Å²) in [6.45, 7) is 4.62. The minimum atomic E-state index is -0.505. The van der Waals surface area contributed by atoms with Crippen LogP contribution in [-0.4, -0.2) is 48.9 Å². The third kappa shape index (κ3) is 5.32. The fourth-order valence-corrected chi connectivity index (χ4v) is 2.67. The van der Waals surface area contributed by atoms with Crippen LogP contribution >= 0.6 is 0 Å². The fourth-order valence-electron chi connectivity index (χ4n) is 2.67. The number of hydrogen-bond acceptors (Lipinski definition) is 3. The van der Waals surface area contributed by atoms with Gasteiger partial charge in [0, 0.05) is 25.7 Å². The van der Waals surface area contributed by atoms with Gasteiger partial charge in [0.25, 0.3) is 5.91 Å². The van der Waals surface area contributed by atoms with Gasteiger partial charge < -0.3 is 10.6 Å². The maximum absolute atomic E-state index is 13.6. The van der Waals surface area contributed by atoms with Crippen molar-refractivity contribution in [3.63, 3.8) is 0 Å². The van der Waals surface area contributed by atoms with E-state index in [0.717, 1.165) is 32.4 Å². The molecule has 0 aliphatic carbocycles. The topological polar surface area (TPSA) is 61.4 Å². The molecule has 0 atom stereocenters. The molecule has 1 aromatic rings. The number of amides is 2. The molecule has 126 valence electrons. The van der Waals surface area contributed by atoms with Crippen molar-refractivity contribution < 1.29 is 14.0 Å². The summed E-state index contributed by atoms with van der Waals surface area (Å²) >= 11 is 0. The van der Waals surface area contributed by atoms with Crippen LogP contribution in [0.3, 0.4) is 0 Å². The molecule has 0 radical (unpaired) electrons. The monoisotopic (exact) mass is 321 g/mol. The van der Waals surface area contributed by atoms with Crippen molar-refractivity contribution in [3.8, 4) is 0 Å².